The van der Waals surface area contributed by atoms with Gasteiger partial charge in [0.1, 0.15) is 24.2 Å². The predicted octanol–water partition coefficient (Wildman–Crippen LogP) is 1.27. The predicted molar refractivity (Wildman–Crippen MR) is 111 cm³/mol. The molecule has 2 amide bonds. The molecule has 10 nitrogen and oxygen atoms in total. The lowest BCUT2D eigenvalue weighted by molar-refractivity contribution is -0.120. The Kier molecular flexibility index (Phi) is 5.95. The molecule has 0 aromatic carbocycles. The van der Waals surface area contributed by atoms with Crippen LogP contribution in [0.15, 0.2) is 35.6 Å². The summed E-state index contributed by atoms with van der Waals surface area (Å²) in [6.45, 7) is 6.98. The number of aromatic nitrogens is 5. The second-order valence-corrected chi connectivity index (χ2v) is 7.45. The van der Waals surface area contributed by atoms with Crippen LogP contribution < -0.4 is 15.8 Å². The van der Waals surface area contributed by atoms with E-state index in [1.54, 1.807) is 30.5 Å². The van der Waals surface area contributed by atoms with E-state index in [0.717, 1.165) is 10.2 Å². The minimum absolute atomic E-state index is 0.201. The van der Waals surface area contributed by atoms with Crippen molar-refractivity contribution in [3.63, 3.8) is 0 Å². The Bertz CT molecular complexity index is 1130. The number of nitrogens with zero attached hydrogens (tertiary/aromatic N) is 6. The van der Waals surface area contributed by atoms with Gasteiger partial charge in [0.15, 0.2) is 5.82 Å². The number of nitrogens with one attached hydrogen (secondary N) is 1. The summed E-state index contributed by atoms with van der Waals surface area (Å²) in [5, 5.41) is 7.20. The second-order valence-electron chi connectivity index (χ2n) is 7.45. The summed E-state index contributed by atoms with van der Waals surface area (Å²) in [4.78, 5) is 46.6. The molecule has 10 heteroatoms. The Morgan fingerprint density at radius 2 is 2.00 bits per heavy atom. The van der Waals surface area contributed by atoms with Crippen LogP contribution in [0.5, 0.6) is 0 Å². The highest BCUT2D eigenvalue weighted by Crippen LogP contribution is 2.20. The molecule has 0 aliphatic rings. The zero-order valence-corrected chi connectivity index (χ0v) is 17.7. The first-order valence-corrected chi connectivity index (χ1v) is 9.61. The van der Waals surface area contributed by atoms with Gasteiger partial charge in [-0.25, -0.2) is 14.6 Å². The van der Waals surface area contributed by atoms with Crippen LogP contribution in [0.25, 0.3) is 5.52 Å². The zero-order valence-electron chi connectivity index (χ0n) is 17.7. The zero-order chi connectivity index (χ0) is 22.0. The molecule has 0 fully saturated rings. The number of likely N-dealkylation sites (N-methyl/N-ethyl adjacent to an activating group) is 1. The summed E-state index contributed by atoms with van der Waals surface area (Å²) < 4.78 is 2.82. The van der Waals surface area contributed by atoms with E-state index in [1.165, 1.54) is 24.3 Å². The first-order valence-electron chi connectivity index (χ1n) is 9.61. The summed E-state index contributed by atoms with van der Waals surface area (Å²) in [5.41, 5.74) is 0.982. The third-order valence-corrected chi connectivity index (χ3v) is 4.81. The molecule has 0 bridgehead atoms. The van der Waals surface area contributed by atoms with Crippen molar-refractivity contribution in [3.8, 4) is 0 Å². The minimum atomic E-state index is -0.459. The van der Waals surface area contributed by atoms with Crippen molar-refractivity contribution < 1.29 is 9.59 Å². The minimum Gasteiger partial charge on any atom is -0.347 e. The molecule has 30 heavy (non-hydrogen) atoms. The highest BCUT2D eigenvalue weighted by Gasteiger charge is 2.21. The maximum Gasteiger partial charge on any atom is 0.291 e. The molecule has 0 aliphatic heterocycles. The topological polar surface area (TPSA) is 114 Å². The highest BCUT2D eigenvalue weighted by atomic mass is 16.2. The molecular weight excluding hydrogens is 386 g/mol. The lowest BCUT2D eigenvalue weighted by atomic mass is 10.1. The van der Waals surface area contributed by atoms with Crippen molar-refractivity contribution >= 4 is 23.1 Å². The maximum absolute atomic E-state index is 13.1. The molecule has 3 aromatic heterocycles. The van der Waals surface area contributed by atoms with Crippen molar-refractivity contribution in [2.45, 2.75) is 46.2 Å². The molecule has 3 aromatic rings. The lowest BCUT2D eigenvalue weighted by Gasteiger charge is -2.18. The maximum atomic E-state index is 13.1. The standard InChI is InChI=1S/C20H25N7O3/c1-12(2)15-8-16-20(30)27(10-18(29)25(5)17-6-7-21-11-22-17)24-19(26(16)9-15)13(3)23-14(4)28/h6-9,11-13H,10H2,1-5H3,(H,23,28). The Balaban J connectivity index is 2.05. The SMILES string of the molecule is CC(=O)NC(C)c1nn(CC(=O)N(C)c2ccncn2)c(=O)c2cc(C(C)C)cn12. The van der Waals surface area contributed by atoms with Crippen LogP contribution in [0.4, 0.5) is 5.82 Å². The van der Waals surface area contributed by atoms with E-state index in [-0.39, 0.29) is 29.8 Å². The summed E-state index contributed by atoms with van der Waals surface area (Å²) in [5.74, 6) is 0.504. The number of fused-ring (bicyclic) bond motifs is 1. The summed E-state index contributed by atoms with van der Waals surface area (Å²) in [7, 11) is 1.57. The van der Waals surface area contributed by atoms with Gasteiger partial charge >= 0.3 is 0 Å². The van der Waals surface area contributed by atoms with E-state index in [4.69, 9.17) is 0 Å². The molecule has 158 valence electrons. The van der Waals surface area contributed by atoms with Gasteiger partial charge in [0.05, 0.1) is 6.04 Å². The molecular formula is C20H25N7O3. The average Bonchev–Trinajstić information content (AvgIpc) is 3.15. The Morgan fingerprint density at radius 1 is 1.27 bits per heavy atom. The molecule has 0 aliphatic carbocycles. The van der Waals surface area contributed by atoms with Gasteiger partial charge in [0.25, 0.3) is 5.56 Å². The van der Waals surface area contributed by atoms with Crippen molar-refractivity contribution in [2.75, 3.05) is 11.9 Å². The Labute approximate surface area is 173 Å². The molecule has 1 N–H and O–H groups in total. The molecule has 0 radical (unpaired) electrons. The third-order valence-electron chi connectivity index (χ3n) is 4.81. The number of carbonyl (C=O) groups is 2. The van der Waals surface area contributed by atoms with E-state index in [2.05, 4.69) is 20.4 Å². The van der Waals surface area contributed by atoms with E-state index in [9.17, 15) is 14.4 Å². The largest absolute Gasteiger partial charge is 0.347 e. The number of hydrogen-bond donors (Lipinski definition) is 1. The first-order chi connectivity index (χ1) is 14.2. The quantitative estimate of drug-likeness (QED) is 0.653. The smallest absolute Gasteiger partial charge is 0.291 e. The molecule has 3 heterocycles. The van der Waals surface area contributed by atoms with Crippen LogP contribution >= 0.6 is 0 Å². The number of amides is 2. The van der Waals surface area contributed by atoms with E-state index in [0.29, 0.717) is 17.2 Å². The fourth-order valence-electron chi connectivity index (χ4n) is 3.12. The van der Waals surface area contributed by atoms with Gasteiger partial charge < -0.3 is 5.32 Å². The van der Waals surface area contributed by atoms with E-state index >= 15 is 0 Å². The van der Waals surface area contributed by atoms with Crippen LogP contribution in [0.1, 0.15) is 51.0 Å². The van der Waals surface area contributed by atoms with Crippen molar-refractivity contribution in [1.29, 1.82) is 0 Å². The van der Waals surface area contributed by atoms with Crippen LogP contribution in [0.3, 0.4) is 0 Å². The lowest BCUT2D eigenvalue weighted by Crippen LogP contribution is -2.38. The fraction of sp³-hybridized carbons (Fsp3) is 0.400. The molecule has 3 rings (SSSR count). The van der Waals surface area contributed by atoms with Gasteiger partial charge in [-0.05, 0) is 30.5 Å². The molecule has 1 unspecified atom stereocenters. The van der Waals surface area contributed by atoms with Gasteiger partial charge in [-0.2, -0.15) is 5.10 Å². The summed E-state index contributed by atoms with van der Waals surface area (Å²) in [6, 6.07) is 2.94. The van der Waals surface area contributed by atoms with Crippen LogP contribution in [0, 0.1) is 0 Å². The molecule has 0 saturated carbocycles. The first kappa shape index (κ1) is 21.2. The normalized spacial score (nSPS) is 12.2. The number of anilines is 1. The van der Waals surface area contributed by atoms with E-state index < -0.39 is 6.04 Å². The van der Waals surface area contributed by atoms with Gasteiger partial charge in [0.2, 0.25) is 11.8 Å². The molecule has 0 spiro atoms. The Hall–Kier alpha value is -3.56. The highest BCUT2D eigenvalue weighted by molar-refractivity contribution is 5.91. The van der Waals surface area contributed by atoms with Gasteiger partial charge in [-0.15, -0.1) is 0 Å². The number of rotatable bonds is 6. The van der Waals surface area contributed by atoms with Crippen LogP contribution in [-0.4, -0.2) is 43.0 Å². The van der Waals surface area contributed by atoms with E-state index in [1.807, 2.05) is 20.0 Å². The van der Waals surface area contributed by atoms with Crippen LogP contribution in [-0.2, 0) is 16.1 Å². The Morgan fingerprint density at radius 3 is 2.60 bits per heavy atom. The summed E-state index contributed by atoms with van der Waals surface area (Å²) in [6.07, 6.45) is 4.72. The van der Waals surface area contributed by atoms with Crippen molar-refractivity contribution in [2.24, 2.45) is 0 Å². The number of hydrogen-bond acceptors (Lipinski definition) is 6. The van der Waals surface area contributed by atoms with Crippen molar-refractivity contribution in [1.82, 2.24) is 29.5 Å². The summed E-state index contributed by atoms with van der Waals surface area (Å²) >= 11 is 0. The fourth-order valence-corrected chi connectivity index (χ4v) is 3.12. The number of carbonyl (C=O) groups excluding carboxylic acids is 2. The third kappa shape index (κ3) is 4.22. The molecule has 1 atom stereocenters. The second kappa shape index (κ2) is 8.44. The average molecular weight is 411 g/mol. The van der Waals surface area contributed by atoms with Gasteiger partial charge in [-0.1, -0.05) is 13.8 Å². The van der Waals surface area contributed by atoms with Crippen molar-refractivity contribution in [3.05, 3.63) is 52.6 Å². The van der Waals surface area contributed by atoms with Crippen LogP contribution in [0.2, 0.25) is 0 Å². The van der Waals surface area contributed by atoms with Gasteiger partial charge in [-0.3, -0.25) is 23.7 Å². The molecule has 0 saturated heterocycles. The monoisotopic (exact) mass is 411 g/mol. The van der Waals surface area contributed by atoms with Gasteiger partial charge in [0, 0.05) is 26.4 Å².